The molecular weight excluding hydrogens is 316 g/mol. The summed E-state index contributed by atoms with van der Waals surface area (Å²) in [7, 11) is 0. The maximum absolute atomic E-state index is 11.9. The standard InChI is InChI=1S/C20H22N2O3/c1-2-15-7-9-16(10-8-15)24-14-13-21-19(23)11-12-20-22-17-5-3-4-6-18(17)25-20/h3-10H,2,11-14H2,1H3,(H,21,23). The van der Waals surface area contributed by atoms with E-state index in [1.54, 1.807) is 0 Å². The van der Waals surface area contributed by atoms with Crippen molar-refractivity contribution in [3.8, 4) is 5.75 Å². The van der Waals surface area contributed by atoms with Crippen molar-refractivity contribution in [2.75, 3.05) is 13.2 Å². The molecular formula is C20H22N2O3. The molecule has 1 heterocycles. The number of carbonyl (C=O) groups is 1. The van der Waals surface area contributed by atoms with Gasteiger partial charge in [0.1, 0.15) is 17.9 Å². The Hall–Kier alpha value is -2.82. The number of aromatic nitrogens is 1. The summed E-state index contributed by atoms with van der Waals surface area (Å²) in [6, 6.07) is 15.6. The molecule has 130 valence electrons. The predicted octanol–water partition coefficient (Wildman–Crippen LogP) is 3.52. The van der Waals surface area contributed by atoms with E-state index in [-0.39, 0.29) is 5.91 Å². The molecule has 1 N–H and O–H groups in total. The molecule has 3 aromatic rings. The van der Waals surface area contributed by atoms with Crippen molar-refractivity contribution in [2.24, 2.45) is 0 Å². The van der Waals surface area contributed by atoms with Gasteiger partial charge < -0.3 is 14.5 Å². The van der Waals surface area contributed by atoms with Crippen LogP contribution in [0.1, 0.15) is 24.8 Å². The van der Waals surface area contributed by atoms with Crippen LogP contribution in [0.4, 0.5) is 0 Å². The topological polar surface area (TPSA) is 64.4 Å². The number of nitrogens with zero attached hydrogens (tertiary/aromatic N) is 1. The third-order valence-electron chi connectivity index (χ3n) is 3.93. The average molecular weight is 338 g/mol. The lowest BCUT2D eigenvalue weighted by Crippen LogP contribution is -2.28. The Morgan fingerprint density at radius 1 is 1.16 bits per heavy atom. The van der Waals surface area contributed by atoms with Gasteiger partial charge in [0.15, 0.2) is 11.5 Å². The smallest absolute Gasteiger partial charge is 0.220 e. The van der Waals surface area contributed by atoms with Crippen molar-refractivity contribution < 1.29 is 13.9 Å². The quantitative estimate of drug-likeness (QED) is 0.638. The second kappa shape index (κ2) is 8.33. The molecule has 5 heteroatoms. The Kier molecular flexibility index (Phi) is 5.67. The van der Waals surface area contributed by atoms with Crippen LogP contribution in [0.5, 0.6) is 5.75 Å². The van der Waals surface area contributed by atoms with E-state index in [0.717, 1.165) is 23.3 Å². The first-order valence-corrected chi connectivity index (χ1v) is 8.57. The number of oxazole rings is 1. The average Bonchev–Trinajstić information content (AvgIpc) is 3.07. The minimum Gasteiger partial charge on any atom is -0.492 e. The van der Waals surface area contributed by atoms with E-state index < -0.39 is 0 Å². The number of hydrogen-bond donors (Lipinski definition) is 1. The Morgan fingerprint density at radius 3 is 2.72 bits per heavy atom. The van der Waals surface area contributed by atoms with Gasteiger partial charge >= 0.3 is 0 Å². The first-order valence-electron chi connectivity index (χ1n) is 8.57. The molecule has 3 rings (SSSR count). The molecule has 0 bridgehead atoms. The van der Waals surface area contributed by atoms with Gasteiger partial charge in [-0.25, -0.2) is 4.98 Å². The van der Waals surface area contributed by atoms with Crippen molar-refractivity contribution in [2.45, 2.75) is 26.2 Å². The fraction of sp³-hybridized carbons (Fsp3) is 0.300. The molecule has 1 amide bonds. The maximum Gasteiger partial charge on any atom is 0.220 e. The van der Waals surface area contributed by atoms with Crippen molar-refractivity contribution >= 4 is 17.0 Å². The molecule has 0 saturated heterocycles. The third kappa shape index (κ3) is 4.83. The number of carbonyl (C=O) groups excluding carboxylic acids is 1. The molecule has 0 unspecified atom stereocenters. The monoisotopic (exact) mass is 338 g/mol. The molecule has 0 aliphatic heterocycles. The molecule has 5 nitrogen and oxygen atoms in total. The van der Waals surface area contributed by atoms with Gasteiger partial charge in [0, 0.05) is 12.8 Å². The number of fused-ring (bicyclic) bond motifs is 1. The number of amides is 1. The molecule has 0 saturated carbocycles. The zero-order valence-corrected chi connectivity index (χ0v) is 14.3. The van der Waals surface area contributed by atoms with Crippen LogP contribution in [-0.4, -0.2) is 24.0 Å². The number of hydrogen-bond acceptors (Lipinski definition) is 4. The summed E-state index contributed by atoms with van der Waals surface area (Å²) in [6.45, 7) is 3.04. The molecule has 25 heavy (non-hydrogen) atoms. The number of nitrogens with one attached hydrogen (secondary N) is 1. The lowest BCUT2D eigenvalue weighted by Gasteiger charge is -2.08. The van der Waals surface area contributed by atoms with E-state index in [1.165, 1.54) is 5.56 Å². The first-order chi connectivity index (χ1) is 12.2. The van der Waals surface area contributed by atoms with Crippen LogP contribution in [0.3, 0.4) is 0 Å². The van der Waals surface area contributed by atoms with Crippen LogP contribution in [0.2, 0.25) is 0 Å². The second-order valence-corrected chi connectivity index (χ2v) is 5.77. The number of benzene rings is 2. The highest BCUT2D eigenvalue weighted by Crippen LogP contribution is 2.15. The Balaban J connectivity index is 1.36. The number of aryl methyl sites for hydroxylation is 2. The van der Waals surface area contributed by atoms with Crippen LogP contribution in [-0.2, 0) is 17.6 Å². The van der Waals surface area contributed by atoms with E-state index in [4.69, 9.17) is 9.15 Å². The van der Waals surface area contributed by atoms with Crippen molar-refractivity contribution in [3.63, 3.8) is 0 Å². The van der Waals surface area contributed by atoms with Gasteiger partial charge in [0.25, 0.3) is 0 Å². The summed E-state index contributed by atoms with van der Waals surface area (Å²) >= 11 is 0. The van der Waals surface area contributed by atoms with Crippen LogP contribution < -0.4 is 10.1 Å². The van der Waals surface area contributed by atoms with Gasteiger partial charge in [-0.1, -0.05) is 31.2 Å². The van der Waals surface area contributed by atoms with Crippen molar-refractivity contribution in [1.82, 2.24) is 10.3 Å². The van der Waals surface area contributed by atoms with Crippen LogP contribution >= 0.6 is 0 Å². The number of ether oxygens (including phenoxy) is 1. The fourth-order valence-corrected chi connectivity index (χ4v) is 2.52. The van der Waals surface area contributed by atoms with E-state index in [0.29, 0.717) is 31.9 Å². The number of rotatable bonds is 8. The second-order valence-electron chi connectivity index (χ2n) is 5.77. The van der Waals surface area contributed by atoms with E-state index in [1.807, 2.05) is 48.5 Å². The Labute approximate surface area is 147 Å². The molecule has 0 aliphatic rings. The highest BCUT2D eigenvalue weighted by Gasteiger charge is 2.08. The van der Waals surface area contributed by atoms with Crippen LogP contribution in [0.15, 0.2) is 52.9 Å². The van der Waals surface area contributed by atoms with E-state index in [9.17, 15) is 4.79 Å². The maximum atomic E-state index is 11.9. The van der Waals surface area contributed by atoms with E-state index >= 15 is 0 Å². The first kappa shape index (κ1) is 17.0. The van der Waals surface area contributed by atoms with Crippen molar-refractivity contribution in [3.05, 3.63) is 60.0 Å². The SMILES string of the molecule is CCc1ccc(OCCNC(=O)CCc2nc3ccccc3o2)cc1. The minimum absolute atomic E-state index is 0.0350. The summed E-state index contributed by atoms with van der Waals surface area (Å²) in [4.78, 5) is 16.3. The summed E-state index contributed by atoms with van der Waals surface area (Å²) in [6.07, 6.45) is 1.84. The Bertz CT molecular complexity index is 791. The van der Waals surface area contributed by atoms with Gasteiger partial charge in [-0.05, 0) is 36.2 Å². The van der Waals surface area contributed by atoms with Gasteiger partial charge in [0.05, 0.1) is 6.54 Å². The molecule has 0 fully saturated rings. The molecule has 0 aliphatic carbocycles. The van der Waals surface area contributed by atoms with Gasteiger partial charge in [0.2, 0.25) is 5.91 Å². The van der Waals surface area contributed by atoms with Gasteiger partial charge in [-0.2, -0.15) is 0 Å². The number of para-hydroxylation sites is 2. The van der Waals surface area contributed by atoms with Gasteiger partial charge in [-0.3, -0.25) is 4.79 Å². The molecule has 0 radical (unpaired) electrons. The highest BCUT2D eigenvalue weighted by atomic mass is 16.5. The summed E-state index contributed by atoms with van der Waals surface area (Å²) in [5.74, 6) is 1.37. The molecule has 0 spiro atoms. The summed E-state index contributed by atoms with van der Waals surface area (Å²) in [5.41, 5.74) is 2.85. The summed E-state index contributed by atoms with van der Waals surface area (Å²) < 4.78 is 11.2. The highest BCUT2D eigenvalue weighted by molar-refractivity contribution is 5.76. The lowest BCUT2D eigenvalue weighted by atomic mass is 10.2. The predicted molar refractivity (Wildman–Crippen MR) is 96.7 cm³/mol. The van der Waals surface area contributed by atoms with E-state index in [2.05, 4.69) is 17.2 Å². The minimum atomic E-state index is -0.0350. The third-order valence-corrected chi connectivity index (χ3v) is 3.93. The van der Waals surface area contributed by atoms with Crippen LogP contribution in [0, 0.1) is 0 Å². The zero-order valence-electron chi connectivity index (χ0n) is 14.3. The fourth-order valence-electron chi connectivity index (χ4n) is 2.52. The largest absolute Gasteiger partial charge is 0.492 e. The molecule has 1 aromatic heterocycles. The molecule has 0 atom stereocenters. The Morgan fingerprint density at radius 2 is 1.96 bits per heavy atom. The zero-order chi connectivity index (χ0) is 17.5. The van der Waals surface area contributed by atoms with Crippen molar-refractivity contribution in [1.29, 1.82) is 0 Å². The van der Waals surface area contributed by atoms with Gasteiger partial charge in [-0.15, -0.1) is 0 Å². The summed E-state index contributed by atoms with van der Waals surface area (Å²) in [5, 5.41) is 2.85. The normalized spacial score (nSPS) is 10.8. The van der Waals surface area contributed by atoms with Crippen LogP contribution in [0.25, 0.3) is 11.1 Å². The lowest BCUT2D eigenvalue weighted by molar-refractivity contribution is -0.121. The molecule has 2 aromatic carbocycles.